The first-order chi connectivity index (χ1) is 10.2. The van der Waals surface area contributed by atoms with E-state index in [2.05, 4.69) is 17.4 Å². The van der Waals surface area contributed by atoms with Crippen molar-refractivity contribution in [3.05, 3.63) is 71.5 Å². The summed E-state index contributed by atoms with van der Waals surface area (Å²) in [6, 6.07) is 17.0. The molecule has 2 aromatic carbocycles. The minimum Gasteiger partial charge on any atom is -0.372 e. The molecule has 112 valence electrons. The maximum absolute atomic E-state index is 13.3. The largest absolute Gasteiger partial charge is 0.372 e. The summed E-state index contributed by atoms with van der Waals surface area (Å²) in [6.07, 6.45) is 0.665. The van der Waals surface area contributed by atoms with Gasteiger partial charge in [0.15, 0.2) is 0 Å². The molecule has 0 spiro atoms. The molecular weight excluding hydrogens is 265 g/mol. The Bertz CT molecular complexity index is 544. The van der Waals surface area contributed by atoms with Crippen molar-refractivity contribution in [1.82, 2.24) is 5.32 Å². The molecule has 2 rings (SSSR count). The van der Waals surface area contributed by atoms with Crippen LogP contribution in [0.1, 0.15) is 24.2 Å². The van der Waals surface area contributed by atoms with E-state index in [4.69, 9.17) is 4.74 Å². The molecule has 1 N–H and O–H groups in total. The van der Waals surface area contributed by atoms with E-state index in [9.17, 15) is 4.39 Å². The Balaban J connectivity index is 2.20. The van der Waals surface area contributed by atoms with Crippen LogP contribution >= 0.6 is 0 Å². The predicted octanol–water partition coefficient (Wildman–Crippen LogP) is 3.73. The maximum Gasteiger partial charge on any atom is 0.123 e. The topological polar surface area (TPSA) is 21.3 Å². The van der Waals surface area contributed by atoms with Crippen LogP contribution in [0.25, 0.3) is 0 Å². The van der Waals surface area contributed by atoms with Crippen LogP contribution in [0.3, 0.4) is 0 Å². The Morgan fingerprint density at radius 3 is 2.48 bits per heavy atom. The number of likely N-dealkylation sites (N-methyl/N-ethyl adjacent to an activating group) is 1. The molecule has 0 aliphatic carbocycles. The predicted molar refractivity (Wildman–Crippen MR) is 83.8 cm³/mol. The number of ether oxygens (including phenoxy) is 1. The molecule has 2 nitrogen and oxygen atoms in total. The van der Waals surface area contributed by atoms with Gasteiger partial charge in [-0.05, 0) is 43.7 Å². The molecule has 0 heterocycles. The second-order valence-corrected chi connectivity index (χ2v) is 5.02. The maximum atomic E-state index is 13.3. The molecule has 0 amide bonds. The number of benzene rings is 2. The third kappa shape index (κ3) is 4.38. The molecule has 0 aliphatic rings. The van der Waals surface area contributed by atoms with Crippen molar-refractivity contribution < 1.29 is 9.13 Å². The highest BCUT2D eigenvalue weighted by Crippen LogP contribution is 2.24. The third-order valence-electron chi connectivity index (χ3n) is 3.56. The lowest BCUT2D eigenvalue weighted by molar-refractivity contribution is 0.0352. The van der Waals surface area contributed by atoms with E-state index >= 15 is 0 Å². The van der Waals surface area contributed by atoms with Crippen molar-refractivity contribution in [2.45, 2.75) is 25.5 Å². The van der Waals surface area contributed by atoms with Gasteiger partial charge in [-0.2, -0.15) is 0 Å². The average Bonchev–Trinajstić information content (AvgIpc) is 2.51. The number of hydrogen-bond acceptors (Lipinski definition) is 2. The second-order valence-electron chi connectivity index (χ2n) is 5.02. The van der Waals surface area contributed by atoms with Gasteiger partial charge in [0.1, 0.15) is 5.82 Å². The zero-order valence-electron chi connectivity index (χ0n) is 12.6. The number of nitrogens with one attached hydrogen (secondary N) is 1. The monoisotopic (exact) mass is 287 g/mol. The average molecular weight is 287 g/mol. The van der Waals surface area contributed by atoms with Gasteiger partial charge in [-0.3, -0.25) is 0 Å². The van der Waals surface area contributed by atoms with Crippen LogP contribution in [0.15, 0.2) is 54.6 Å². The van der Waals surface area contributed by atoms with Gasteiger partial charge in [0, 0.05) is 12.6 Å². The van der Waals surface area contributed by atoms with E-state index in [1.165, 1.54) is 6.07 Å². The van der Waals surface area contributed by atoms with Crippen LogP contribution in [-0.2, 0) is 11.2 Å². The Labute approximate surface area is 126 Å². The van der Waals surface area contributed by atoms with Gasteiger partial charge >= 0.3 is 0 Å². The van der Waals surface area contributed by atoms with Crippen LogP contribution in [-0.4, -0.2) is 19.7 Å². The molecule has 2 atom stereocenters. The molecule has 0 saturated heterocycles. The minimum absolute atomic E-state index is 0.0514. The summed E-state index contributed by atoms with van der Waals surface area (Å²) in [5, 5.41) is 3.31. The molecule has 21 heavy (non-hydrogen) atoms. The fourth-order valence-electron chi connectivity index (χ4n) is 2.55. The summed E-state index contributed by atoms with van der Waals surface area (Å²) in [4.78, 5) is 0. The summed E-state index contributed by atoms with van der Waals surface area (Å²) < 4.78 is 19.3. The molecule has 0 radical (unpaired) electrons. The standard InChI is InChI=1S/C18H22FNO/c1-3-21-18(15-9-5-4-6-10-15)17(20-2)13-14-8-7-11-16(19)12-14/h4-12,17-18,20H,3,13H2,1-2H3. The van der Waals surface area contributed by atoms with Gasteiger partial charge in [0.05, 0.1) is 6.10 Å². The van der Waals surface area contributed by atoms with Crippen molar-refractivity contribution >= 4 is 0 Å². The van der Waals surface area contributed by atoms with Gasteiger partial charge in [0.2, 0.25) is 0 Å². The molecule has 3 heteroatoms. The third-order valence-corrected chi connectivity index (χ3v) is 3.56. The summed E-state index contributed by atoms with van der Waals surface area (Å²) in [5.41, 5.74) is 2.10. The Morgan fingerprint density at radius 2 is 1.86 bits per heavy atom. The molecule has 0 aromatic heterocycles. The summed E-state index contributed by atoms with van der Waals surface area (Å²) in [7, 11) is 1.92. The normalized spacial score (nSPS) is 13.9. The smallest absolute Gasteiger partial charge is 0.123 e. The zero-order chi connectivity index (χ0) is 15.1. The van der Waals surface area contributed by atoms with Crippen LogP contribution in [0.4, 0.5) is 4.39 Å². The van der Waals surface area contributed by atoms with Crippen molar-refractivity contribution in [1.29, 1.82) is 0 Å². The Kier molecular flexibility index (Phi) is 5.90. The first-order valence-electron chi connectivity index (χ1n) is 7.33. The lowest BCUT2D eigenvalue weighted by Gasteiger charge is -2.27. The Morgan fingerprint density at radius 1 is 1.10 bits per heavy atom. The highest BCUT2D eigenvalue weighted by molar-refractivity contribution is 5.22. The first-order valence-corrected chi connectivity index (χ1v) is 7.33. The van der Waals surface area contributed by atoms with Crippen LogP contribution < -0.4 is 5.32 Å². The quantitative estimate of drug-likeness (QED) is 0.837. The van der Waals surface area contributed by atoms with Crippen molar-refractivity contribution in [3.8, 4) is 0 Å². The molecule has 2 unspecified atom stereocenters. The molecule has 0 saturated carbocycles. The summed E-state index contributed by atoms with van der Waals surface area (Å²) in [5.74, 6) is -0.199. The highest BCUT2D eigenvalue weighted by Gasteiger charge is 2.22. The fraction of sp³-hybridized carbons (Fsp3) is 0.333. The van der Waals surface area contributed by atoms with E-state index in [0.717, 1.165) is 11.1 Å². The van der Waals surface area contributed by atoms with E-state index in [1.54, 1.807) is 12.1 Å². The van der Waals surface area contributed by atoms with Gasteiger partial charge in [0.25, 0.3) is 0 Å². The minimum atomic E-state index is -0.199. The van der Waals surface area contributed by atoms with Crippen molar-refractivity contribution in [2.24, 2.45) is 0 Å². The van der Waals surface area contributed by atoms with Gasteiger partial charge in [-0.1, -0.05) is 42.5 Å². The Hall–Kier alpha value is -1.71. The molecule has 0 bridgehead atoms. The van der Waals surface area contributed by atoms with Crippen LogP contribution in [0.5, 0.6) is 0 Å². The van der Waals surface area contributed by atoms with Crippen molar-refractivity contribution in [2.75, 3.05) is 13.7 Å². The fourth-order valence-corrected chi connectivity index (χ4v) is 2.55. The van der Waals surface area contributed by atoms with E-state index < -0.39 is 0 Å². The van der Waals surface area contributed by atoms with E-state index in [0.29, 0.717) is 13.0 Å². The number of hydrogen-bond donors (Lipinski definition) is 1. The van der Waals surface area contributed by atoms with Crippen molar-refractivity contribution in [3.63, 3.8) is 0 Å². The number of rotatable bonds is 7. The van der Waals surface area contributed by atoms with Crippen LogP contribution in [0, 0.1) is 5.82 Å². The lowest BCUT2D eigenvalue weighted by Crippen LogP contribution is -2.35. The van der Waals surface area contributed by atoms with Crippen LogP contribution in [0.2, 0.25) is 0 Å². The molecule has 0 aliphatic heterocycles. The first kappa shape index (κ1) is 15.7. The highest BCUT2D eigenvalue weighted by atomic mass is 19.1. The van der Waals surface area contributed by atoms with Gasteiger partial charge in [-0.15, -0.1) is 0 Å². The summed E-state index contributed by atoms with van der Waals surface area (Å²) >= 11 is 0. The molecular formula is C18H22FNO. The SMILES string of the molecule is CCOC(c1ccccc1)C(Cc1cccc(F)c1)NC. The van der Waals surface area contributed by atoms with E-state index in [1.807, 2.05) is 38.2 Å². The summed E-state index contributed by atoms with van der Waals surface area (Å²) in [6.45, 7) is 2.63. The van der Waals surface area contributed by atoms with Gasteiger partial charge in [-0.25, -0.2) is 4.39 Å². The van der Waals surface area contributed by atoms with E-state index in [-0.39, 0.29) is 18.0 Å². The molecule has 2 aromatic rings. The van der Waals surface area contributed by atoms with Gasteiger partial charge < -0.3 is 10.1 Å². The lowest BCUT2D eigenvalue weighted by atomic mass is 9.96. The number of halogens is 1. The second kappa shape index (κ2) is 7.91. The zero-order valence-corrected chi connectivity index (χ0v) is 12.6. The molecule has 0 fully saturated rings.